The van der Waals surface area contributed by atoms with Crippen molar-refractivity contribution in [3.8, 4) is 0 Å². The number of halogens is 1. The minimum absolute atomic E-state index is 0.0659. The Kier molecular flexibility index (Phi) is 4.78. The summed E-state index contributed by atoms with van der Waals surface area (Å²) < 4.78 is 0. The van der Waals surface area contributed by atoms with Crippen molar-refractivity contribution >= 4 is 46.1 Å². The summed E-state index contributed by atoms with van der Waals surface area (Å²) in [5.41, 5.74) is 4.30. The number of rotatable bonds is 4. The summed E-state index contributed by atoms with van der Waals surface area (Å²) >= 11 is 7.28. The van der Waals surface area contributed by atoms with Gasteiger partial charge in [-0.05, 0) is 38.0 Å². The predicted octanol–water partition coefficient (Wildman–Crippen LogP) is 4.35. The van der Waals surface area contributed by atoms with Crippen molar-refractivity contribution in [2.45, 2.75) is 31.2 Å². The van der Waals surface area contributed by atoms with Gasteiger partial charge in [-0.2, -0.15) is 0 Å². The third-order valence-electron chi connectivity index (χ3n) is 3.67. The molecular formula is C17H17ClN4OS. The molecule has 0 radical (unpaired) electrons. The van der Waals surface area contributed by atoms with Crippen molar-refractivity contribution in [1.29, 1.82) is 0 Å². The number of aromatic amines is 1. The van der Waals surface area contributed by atoms with Gasteiger partial charge in [-0.25, -0.2) is 9.97 Å². The van der Waals surface area contributed by atoms with E-state index in [9.17, 15) is 4.79 Å². The second-order valence-electron chi connectivity index (χ2n) is 5.58. The van der Waals surface area contributed by atoms with Crippen LogP contribution in [0.4, 0.5) is 5.69 Å². The molecule has 0 saturated heterocycles. The summed E-state index contributed by atoms with van der Waals surface area (Å²) in [5, 5.41) is 3.89. The summed E-state index contributed by atoms with van der Waals surface area (Å²) in [6, 6.07) is 7.71. The Balaban J connectivity index is 1.73. The lowest BCUT2D eigenvalue weighted by molar-refractivity contribution is -0.115. The molecule has 1 amide bonds. The van der Waals surface area contributed by atoms with Crippen LogP contribution in [0.3, 0.4) is 0 Å². The lowest BCUT2D eigenvalue weighted by Gasteiger charge is -2.14. The molecule has 24 heavy (non-hydrogen) atoms. The maximum atomic E-state index is 12.5. The van der Waals surface area contributed by atoms with Crippen molar-refractivity contribution in [2.75, 3.05) is 5.32 Å². The van der Waals surface area contributed by atoms with Crippen LogP contribution in [0.5, 0.6) is 0 Å². The van der Waals surface area contributed by atoms with Gasteiger partial charge in [-0.1, -0.05) is 41.6 Å². The fourth-order valence-corrected chi connectivity index (χ4v) is 3.33. The van der Waals surface area contributed by atoms with Crippen LogP contribution in [0.2, 0.25) is 5.02 Å². The molecule has 5 nitrogen and oxygen atoms in total. The van der Waals surface area contributed by atoms with Gasteiger partial charge in [0, 0.05) is 11.9 Å². The Morgan fingerprint density at radius 1 is 1.33 bits per heavy atom. The summed E-state index contributed by atoms with van der Waals surface area (Å²) in [6.07, 6.45) is 1.55. The minimum atomic E-state index is -0.306. The summed E-state index contributed by atoms with van der Waals surface area (Å²) in [7, 11) is 0. The largest absolute Gasteiger partial charge is 0.331 e. The Bertz CT molecular complexity index is 888. The Hall–Kier alpha value is -2.05. The van der Waals surface area contributed by atoms with Gasteiger partial charge in [0.05, 0.1) is 15.8 Å². The fraction of sp³-hybridized carbons (Fsp3) is 0.235. The van der Waals surface area contributed by atoms with E-state index in [1.165, 1.54) is 11.8 Å². The number of para-hydroxylation sites is 1. The van der Waals surface area contributed by atoms with Crippen LogP contribution < -0.4 is 5.32 Å². The Morgan fingerprint density at radius 2 is 2.04 bits per heavy atom. The number of benzene rings is 1. The molecule has 7 heteroatoms. The van der Waals surface area contributed by atoms with Crippen LogP contribution in [0.15, 0.2) is 35.6 Å². The second kappa shape index (κ2) is 6.83. The van der Waals surface area contributed by atoms with Crippen molar-refractivity contribution in [3.05, 3.63) is 46.6 Å². The summed E-state index contributed by atoms with van der Waals surface area (Å²) in [4.78, 5) is 24.1. The van der Waals surface area contributed by atoms with E-state index in [4.69, 9.17) is 11.6 Å². The second-order valence-corrected chi connectivity index (χ2v) is 7.35. The molecule has 0 spiro atoms. The first-order valence-corrected chi connectivity index (χ1v) is 8.75. The van der Waals surface area contributed by atoms with Crippen molar-refractivity contribution in [1.82, 2.24) is 15.0 Å². The third kappa shape index (κ3) is 3.55. The first-order chi connectivity index (χ1) is 11.4. The van der Waals surface area contributed by atoms with E-state index in [-0.39, 0.29) is 11.2 Å². The molecule has 3 rings (SSSR count). The maximum Gasteiger partial charge on any atom is 0.237 e. The molecule has 0 fully saturated rings. The highest BCUT2D eigenvalue weighted by Crippen LogP contribution is 2.26. The molecule has 2 N–H and O–H groups in total. The highest BCUT2D eigenvalue weighted by molar-refractivity contribution is 8.00. The van der Waals surface area contributed by atoms with Crippen LogP contribution in [-0.2, 0) is 4.79 Å². The van der Waals surface area contributed by atoms with Crippen molar-refractivity contribution in [3.63, 3.8) is 0 Å². The van der Waals surface area contributed by atoms with E-state index in [1.54, 1.807) is 12.3 Å². The third-order valence-corrected chi connectivity index (χ3v) is 4.86. The highest BCUT2D eigenvalue weighted by Gasteiger charge is 2.18. The van der Waals surface area contributed by atoms with Crippen LogP contribution in [0.25, 0.3) is 11.2 Å². The Labute approximate surface area is 149 Å². The molecule has 0 aliphatic carbocycles. The summed E-state index contributed by atoms with van der Waals surface area (Å²) in [6.45, 7) is 5.81. The summed E-state index contributed by atoms with van der Waals surface area (Å²) in [5.74, 6) is -0.0659. The van der Waals surface area contributed by atoms with Crippen LogP contribution in [-0.4, -0.2) is 26.1 Å². The predicted molar refractivity (Wildman–Crippen MR) is 98.8 cm³/mol. The lowest BCUT2D eigenvalue weighted by atomic mass is 10.1. The number of amides is 1. The monoisotopic (exact) mass is 360 g/mol. The first-order valence-electron chi connectivity index (χ1n) is 7.49. The average molecular weight is 361 g/mol. The number of imidazole rings is 1. The molecule has 3 aromatic rings. The number of anilines is 1. The molecule has 0 aliphatic heterocycles. The molecule has 2 aromatic heterocycles. The van der Waals surface area contributed by atoms with Crippen LogP contribution in [0, 0.1) is 13.8 Å². The van der Waals surface area contributed by atoms with E-state index in [0.717, 1.165) is 22.3 Å². The molecule has 1 aromatic carbocycles. The van der Waals surface area contributed by atoms with Gasteiger partial charge in [0.1, 0.15) is 0 Å². The van der Waals surface area contributed by atoms with Crippen LogP contribution in [0.1, 0.15) is 18.1 Å². The normalized spacial score (nSPS) is 12.3. The zero-order valence-electron chi connectivity index (χ0n) is 13.6. The zero-order valence-corrected chi connectivity index (χ0v) is 15.1. The number of H-pyrrole nitrogens is 1. The molecule has 2 heterocycles. The Morgan fingerprint density at radius 3 is 2.75 bits per heavy atom. The number of pyridine rings is 1. The molecule has 0 saturated carbocycles. The number of carbonyl (C=O) groups is 1. The van der Waals surface area contributed by atoms with E-state index < -0.39 is 0 Å². The molecule has 1 atom stereocenters. The number of carbonyl (C=O) groups excluding carboxylic acids is 1. The van der Waals surface area contributed by atoms with Gasteiger partial charge in [0.2, 0.25) is 5.91 Å². The zero-order chi connectivity index (χ0) is 17.3. The molecule has 0 aliphatic rings. The molecular weight excluding hydrogens is 344 g/mol. The van der Waals surface area contributed by atoms with E-state index in [2.05, 4.69) is 20.3 Å². The van der Waals surface area contributed by atoms with E-state index in [1.807, 2.05) is 39.0 Å². The minimum Gasteiger partial charge on any atom is -0.331 e. The number of nitrogens with zero attached hydrogens (tertiary/aromatic N) is 2. The molecule has 124 valence electrons. The number of aromatic nitrogens is 3. The topological polar surface area (TPSA) is 70.7 Å². The van der Waals surface area contributed by atoms with Gasteiger partial charge in [-0.3, -0.25) is 4.79 Å². The quantitative estimate of drug-likeness (QED) is 0.678. The SMILES string of the molecule is Cc1cccc(C)c1NC(=O)[C@H](C)Sc1nc2ncc(Cl)cc2[nH]1. The maximum absolute atomic E-state index is 12.5. The first kappa shape index (κ1) is 16.8. The number of hydrogen-bond acceptors (Lipinski definition) is 4. The van der Waals surface area contributed by atoms with Crippen LogP contribution >= 0.6 is 23.4 Å². The fourth-order valence-electron chi connectivity index (χ4n) is 2.37. The van der Waals surface area contributed by atoms with Gasteiger partial charge in [0.25, 0.3) is 0 Å². The van der Waals surface area contributed by atoms with Crippen molar-refractivity contribution in [2.24, 2.45) is 0 Å². The molecule has 0 unspecified atom stereocenters. The number of aryl methyl sites for hydroxylation is 2. The van der Waals surface area contributed by atoms with Gasteiger partial charge < -0.3 is 10.3 Å². The number of hydrogen-bond donors (Lipinski definition) is 2. The standard InChI is InChI=1S/C17H17ClN4OS/c1-9-5-4-6-10(2)14(9)21-16(23)11(3)24-17-20-13-7-12(18)8-19-15(13)22-17/h4-8,11H,1-3H3,(H,21,23)(H,19,20,22)/t11-/m0/s1. The van der Waals surface area contributed by atoms with Gasteiger partial charge in [0.15, 0.2) is 10.8 Å². The highest BCUT2D eigenvalue weighted by atomic mass is 35.5. The average Bonchev–Trinajstić information content (AvgIpc) is 2.92. The van der Waals surface area contributed by atoms with Gasteiger partial charge >= 0.3 is 0 Å². The lowest BCUT2D eigenvalue weighted by Crippen LogP contribution is -2.23. The molecule has 0 bridgehead atoms. The number of thioether (sulfide) groups is 1. The number of nitrogens with one attached hydrogen (secondary N) is 2. The van der Waals surface area contributed by atoms with E-state index >= 15 is 0 Å². The van der Waals surface area contributed by atoms with Crippen molar-refractivity contribution < 1.29 is 4.79 Å². The number of fused-ring (bicyclic) bond motifs is 1. The van der Waals surface area contributed by atoms with E-state index in [0.29, 0.717) is 15.8 Å². The van der Waals surface area contributed by atoms with Gasteiger partial charge in [-0.15, -0.1) is 0 Å². The smallest absolute Gasteiger partial charge is 0.237 e.